The molecule has 1 aromatic heterocycles. The van der Waals surface area contributed by atoms with E-state index in [1.807, 2.05) is 0 Å². The second-order valence-electron chi connectivity index (χ2n) is 2.73. The van der Waals surface area contributed by atoms with Gasteiger partial charge in [0.25, 0.3) is 5.56 Å². The fraction of sp³-hybridized carbons (Fsp3) is 0.333. The first-order valence-corrected chi connectivity index (χ1v) is 3.80. The van der Waals surface area contributed by atoms with Crippen LogP contribution < -0.4 is 5.56 Å². The van der Waals surface area contributed by atoms with Gasteiger partial charge in [0.2, 0.25) is 0 Å². The van der Waals surface area contributed by atoms with Gasteiger partial charge < -0.3 is 4.57 Å². The zero-order valence-electron chi connectivity index (χ0n) is 7.15. The maximum Gasteiger partial charge on any atom is 0.251 e. The average molecular weight is 165 g/mol. The summed E-state index contributed by atoms with van der Waals surface area (Å²) in [5.41, 5.74) is -0.139. The van der Waals surface area contributed by atoms with E-state index in [-0.39, 0.29) is 17.4 Å². The molecule has 0 bridgehead atoms. The molecule has 1 aromatic rings. The zero-order chi connectivity index (χ0) is 9.14. The monoisotopic (exact) mass is 165 g/mol. The summed E-state index contributed by atoms with van der Waals surface area (Å²) in [5, 5.41) is 0. The van der Waals surface area contributed by atoms with Crippen molar-refractivity contribution in [1.82, 2.24) is 4.57 Å². The Hall–Kier alpha value is -1.38. The van der Waals surface area contributed by atoms with Crippen molar-refractivity contribution in [2.45, 2.75) is 19.9 Å². The van der Waals surface area contributed by atoms with Gasteiger partial charge in [0.1, 0.15) is 0 Å². The van der Waals surface area contributed by atoms with Crippen molar-refractivity contribution >= 4 is 5.78 Å². The molecule has 0 aliphatic carbocycles. The smallest absolute Gasteiger partial charge is 0.251 e. The predicted octanol–water partition coefficient (Wildman–Crippen LogP) is 0.998. The molecule has 1 rings (SSSR count). The Morgan fingerprint density at radius 2 is 2.17 bits per heavy atom. The number of rotatable bonds is 2. The van der Waals surface area contributed by atoms with Gasteiger partial charge in [-0.3, -0.25) is 9.59 Å². The van der Waals surface area contributed by atoms with Crippen LogP contribution in [0.1, 0.15) is 19.9 Å². The number of hydrogen-bond acceptors (Lipinski definition) is 2. The highest BCUT2D eigenvalue weighted by Crippen LogP contribution is 2.01. The Bertz CT molecular complexity index is 340. The highest BCUT2D eigenvalue weighted by Gasteiger charge is 2.09. The largest absolute Gasteiger partial charge is 0.305 e. The van der Waals surface area contributed by atoms with Crippen molar-refractivity contribution in [2.75, 3.05) is 0 Å². The number of carbonyl (C=O) groups excluding carboxylic acids is 1. The Labute approximate surface area is 70.6 Å². The number of nitrogens with zero attached hydrogens (tertiary/aromatic N) is 1. The van der Waals surface area contributed by atoms with Gasteiger partial charge in [0, 0.05) is 12.3 Å². The lowest BCUT2D eigenvalue weighted by Gasteiger charge is -2.10. The maximum atomic E-state index is 11.2. The molecule has 0 spiro atoms. The van der Waals surface area contributed by atoms with E-state index in [0.717, 1.165) is 0 Å². The summed E-state index contributed by atoms with van der Waals surface area (Å²) in [7, 11) is 0. The van der Waals surface area contributed by atoms with Crippen molar-refractivity contribution in [2.24, 2.45) is 0 Å². The third kappa shape index (κ3) is 1.61. The predicted molar refractivity (Wildman–Crippen MR) is 46.1 cm³/mol. The number of ketones is 1. The van der Waals surface area contributed by atoms with E-state index in [9.17, 15) is 9.59 Å². The van der Waals surface area contributed by atoms with Crippen molar-refractivity contribution < 1.29 is 4.79 Å². The second-order valence-corrected chi connectivity index (χ2v) is 2.73. The van der Waals surface area contributed by atoms with Gasteiger partial charge in [0.05, 0.1) is 6.04 Å². The van der Waals surface area contributed by atoms with Gasteiger partial charge in [-0.25, -0.2) is 0 Å². The number of carbonyl (C=O) groups is 1. The quantitative estimate of drug-likeness (QED) is 0.655. The summed E-state index contributed by atoms with van der Waals surface area (Å²) in [4.78, 5) is 22.1. The normalized spacial score (nSPS) is 12.5. The van der Waals surface area contributed by atoms with E-state index in [0.29, 0.717) is 0 Å². The van der Waals surface area contributed by atoms with E-state index >= 15 is 0 Å². The number of pyridine rings is 1. The van der Waals surface area contributed by atoms with Gasteiger partial charge in [-0.15, -0.1) is 0 Å². The topological polar surface area (TPSA) is 39.1 Å². The molecule has 0 N–H and O–H groups in total. The lowest BCUT2D eigenvalue weighted by Crippen LogP contribution is -2.25. The molecule has 1 unspecified atom stereocenters. The van der Waals surface area contributed by atoms with Crippen LogP contribution in [0.25, 0.3) is 0 Å². The summed E-state index contributed by atoms with van der Waals surface area (Å²) < 4.78 is 1.42. The number of aromatic nitrogens is 1. The first kappa shape index (κ1) is 8.71. The van der Waals surface area contributed by atoms with Crippen molar-refractivity contribution in [3.8, 4) is 0 Å². The molecule has 0 fully saturated rings. The van der Waals surface area contributed by atoms with Gasteiger partial charge in [-0.2, -0.15) is 0 Å². The van der Waals surface area contributed by atoms with Crippen LogP contribution in [-0.2, 0) is 4.79 Å². The highest BCUT2D eigenvalue weighted by molar-refractivity contribution is 5.79. The van der Waals surface area contributed by atoms with Crippen LogP contribution in [0.5, 0.6) is 0 Å². The maximum absolute atomic E-state index is 11.2. The van der Waals surface area contributed by atoms with Gasteiger partial charge in [-0.1, -0.05) is 6.07 Å². The van der Waals surface area contributed by atoms with Crippen molar-refractivity contribution in [3.63, 3.8) is 0 Å². The molecular formula is C9H11NO2. The van der Waals surface area contributed by atoms with Gasteiger partial charge >= 0.3 is 0 Å². The minimum absolute atomic E-state index is 0.0108. The molecule has 3 nitrogen and oxygen atoms in total. The second kappa shape index (κ2) is 3.34. The number of Topliss-reactive ketones (excluding diaryl/α,β-unsaturated/α-hetero) is 1. The first-order valence-electron chi connectivity index (χ1n) is 3.80. The van der Waals surface area contributed by atoms with E-state index < -0.39 is 0 Å². The van der Waals surface area contributed by atoms with Crippen LogP contribution in [0.4, 0.5) is 0 Å². The van der Waals surface area contributed by atoms with Gasteiger partial charge in [0.15, 0.2) is 5.78 Å². The lowest BCUT2D eigenvalue weighted by molar-refractivity contribution is -0.119. The lowest BCUT2D eigenvalue weighted by atomic mass is 10.2. The summed E-state index contributed by atoms with van der Waals surface area (Å²) in [5.74, 6) is -0.0108. The van der Waals surface area contributed by atoms with Crippen molar-refractivity contribution in [3.05, 3.63) is 34.7 Å². The third-order valence-corrected chi connectivity index (χ3v) is 1.86. The van der Waals surface area contributed by atoms with E-state index in [2.05, 4.69) is 0 Å². The van der Waals surface area contributed by atoms with Crippen LogP contribution >= 0.6 is 0 Å². The molecule has 0 radical (unpaired) electrons. The molecular weight excluding hydrogens is 154 g/mol. The fourth-order valence-corrected chi connectivity index (χ4v) is 0.956. The summed E-state index contributed by atoms with van der Waals surface area (Å²) in [6.45, 7) is 3.19. The van der Waals surface area contributed by atoms with Crippen LogP contribution in [0.15, 0.2) is 29.2 Å². The molecule has 1 heterocycles. The SMILES string of the molecule is CC(=O)C(C)n1ccccc1=O. The molecule has 0 aromatic carbocycles. The molecule has 64 valence electrons. The van der Waals surface area contributed by atoms with Crippen LogP contribution in [0.2, 0.25) is 0 Å². The Morgan fingerprint density at radius 3 is 2.67 bits per heavy atom. The Kier molecular flexibility index (Phi) is 2.43. The molecule has 0 aliphatic rings. The molecule has 0 amide bonds. The Morgan fingerprint density at radius 1 is 1.50 bits per heavy atom. The van der Waals surface area contributed by atoms with E-state index in [1.165, 1.54) is 17.6 Å². The molecule has 1 atom stereocenters. The molecule has 0 aliphatic heterocycles. The zero-order valence-corrected chi connectivity index (χ0v) is 7.15. The van der Waals surface area contributed by atoms with Gasteiger partial charge in [-0.05, 0) is 19.9 Å². The molecule has 0 saturated heterocycles. The van der Waals surface area contributed by atoms with Crippen LogP contribution in [0, 0.1) is 0 Å². The molecule has 0 saturated carbocycles. The van der Waals surface area contributed by atoms with Crippen LogP contribution in [-0.4, -0.2) is 10.4 Å². The average Bonchev–Trinajstić information content (AvgIpc) is 2.04. The third-order valence-electron chi connectivity index (χ3n) is 1.86. The standard InChI is InChI=1S/C9H11NO2/c1-7(8(2)11)10-6-4-3-5-9(10)12/h3-7H,1-2H3. The fourth-order valence-electron chi connectivity index (χ4n) is 0.956. The number of hydrogen-bond donors (Lipinski definition) is 0. The minimum atomic E-state index is -0.362. The van der Waals surface area contributed by atoms with E-state index in [4.69, 9.17) is 0 Å². The minimum Gasteiger partial charge on any atom is -0.305 e. The molecule has 3 heteroatoms. The van der Waals surface area contributed by atoms with E-state index in [1.54, 1.807) is 25.3 Å². The summed E-state index contributed by atoms with van der Waals surface area (Å²) in [6.07, 6.45) is 1.62. The summed E-state index contributed by atoms with van der Waals surface area (Å²) in [6, 6.07) is 4.48. The highest BCUT2D eigenvalue weighted by atomic mass is 16.1. The Balaban J connectivity index is 3.11. The molecule has 12 heavy (non-hydrogen) atoms. The van der Waals surface area contributed by atoms with Crippen molar-refractivity contribution in [1.29, 1.82) is 0 Å². The summed E-state index contributed by atoms with van der Waals surface area (Å²) >= 11 is 0. The van der Waals surface area contributed by atoms with Crippen LogP contribution in [0.3, 0.4) is 0 Å². The first-order chi connectivity index (χ1) is 5.63.